The summed E-state index contributed by atoms with van der Waals surface area (Å²) in [5, 5.41) is 56.5. The number of hydrogen-bond acceptors (Lipinski definition) is 19. The average Bonchev–Trinajstić information content (AvgIpc) is 2.58. The normalized spacial score (nSPS) is 16.4. The third kappa shape index (κ3) is 33.9. The van der Waals surface area contributed by atoms with Crippen molar-refractivity contribution in [2.45, 2.75) is 127 Å². The first kappa shape index (κ1) is 80.3. The Bertz CT molecular complexity index is 2780. The minimum absolute atomic E-state index is 0. The minimum Gasteiger partial charge on any atom is -0.481 e. The number of nitrogens with zero attached hydrogens (tertiary/aromatic N) is 3. The van der Waals surface area contributed by atoms with Gasteiger partial charge in [-0.15, -0.1) is 0 Å². The molecule has 29 nitrogen and oxygen atoms in total. The number of rotatable bonds is 30. The van der Waals surface area contributed by atoms with Crippen molar-refractivity contribution in [3.8, 4) is 0 Å². The van der Waals surface area contributed by atoms with Gasteiger partial charge in [-0.1, -0.05) is 67.4 Å². The Hall–Kier alpha value is -8.68. The molecule has 5 atom stereocenters. The fourth-order valence-electron chi connectivity index (χ4n) is 10.4. The smallest absolute Gasteiger partial charge is 0.481 e. The second-order valence-electron chi connectivity index (χ2n) is 21.0. The Balaban J connectivity index is 0.00000550. The Kier molecular flexibility index (Phi) is 41.9. The molecule has 3 aromatic rings. The van der Waals surface area contributed by atoms with Crippen LogP contribution >= 0.6 is 0 Å². The van der Waals surface area contributed by atoms with E-state index in [2.05, 4.69) is 36.8 Å². The molecule has 0 bridgehead atoms. The van der Waals surface area contributed by atoms with Gasteiger partial charge in [0, 0.05) is 68.8 Å². The van der Waals surface area contributed by atoms with Gasteiger partial charge < -0.3 is 57.2 Å². The van der Waals surface area contributed by atoms with Gasteiger partial charge in [-0.25, -0.2) is 14.4 Å². The largest absolute Gasteiger partial charge is 3.00 e. The van der Waals surface area contributed by atoms with E-state index in [0.29, 0.717) is 63.7 Å². The van der Waals surface area contributed by atoms with Crippen molar-refractivity contribution in [1.29, 1.82) is 0 Å². The fourth-order valence-corrected chi connectivity index (χ4v) is 10.4. The molecule has 0 saturated heterocycles. The molecule has 10 N–H and O–H groups in total. The van der Waals surface area contributed by atoms with Gasteiger partial charge in [0.1, 0.15) is 12.1 Å². The molecule has 0 heterocycles. The van der Waals surface area contributed by atoms with Gasteiger partial charge >= 0.3 is 80.3 Å². The third-order valence-electron chi connectivity index (χ3n) is 14.6. The summed E-state index contributed by atoms with van der Waals surface area (Å²) in [6.45, 7) is 0.933. The van der Waals surface area contributed by atoms with E-state index >= 15 is 0 Å². The van der Waals surface area contributed by atoms with E-state index < -0.39 is 42.0 Å². The third-order valence-corrected chi connectivity index (χ3v) is 14.6. The van der Waals surface area contributed by atoms with Crippen molar-refractivity contribution >= 4 is 109 Å². The van der Waals surface area contributed by atoms with Crippen LogP contribution in [0.15, 0.2) is 66.7 Å². The van der Waals surface area contributed by atoms with E-state index in [1.807, 2.05) is 90.6 Å². The number of unbranched alkanes of at least 4 members (excludes halogenated alkanes) is 1. The number of benzene rings is 3. The fraction of sp³-hybridized carbons (Fsp3) is 0.525. The van der Waals surface area contributed by atoms with Gasteiger partial charge in [-0.3, -0.25) is 33.8 Å². The number of likely N-dealkylation sites (N-methyl/N-ethyl adjacent to an activating group) is 2. The van der Waals surface area contributed by atoms with Gasteiger partial charge in [0.15, 0.2) is 0 Å². The zero-order valence-corrected chi connectivity index (χ0v) is 52.4. The zero-order valence-electron chi connectivity index (χ0n) is 50.0. The summed E-state index contributed by atoms with van der Waals surface area (Å²) >= 11 is 0. The van der Waals surface area contributed by atoms with Crippen LogP contribution in [0.4, 0.5) is 15.3 Å². The second-order valence-corrected chi connectivity index (χ2v) is 21.0. The maximum atomic E-state index is 13.8. The first-order valence-electron chi connectivity index (χ1n) is 28.2. The van der Waals surface area contributed by atoms with Crippen LogP contribution in [0.25, 0.3) is 10.8 Å². The molecule has 89 heavy (non-hydrogen) atoms. The number of carboxylic acid groups (broad SMARTS) is 4. The predicted molar refractivity (Wildman–Crippen MR) is 313 cm³/mol. The Morgan fingerprint density at radius 3 is 1.70 bits per heavy atom. The Labute approximate surface area is 526 Å². The van der Waals surface area contributed by atoms with Crippen LogP contribution in [0, 0.1) is 11.8 Å². The predicted octanol–water partition coefficient (Wildman–Crippen LogP) is 1.87. The maximum Gasteiger partial charge on any atom is 3.00 e. The molecule has 30 heteroatoms. The molecule has 2 fully saturated rings. The monoisotopic (exact) mass is 1300 g/mol. The van der Waals surface area contributed by atoms with Crippen LogP contribution < -0.4 is 31.9 Å². The molecule has 0 spiro atoms. The van der Waals surface area contributed by atoms with E-state index in [4.69, 9.17) is 43.5 Å². The Morgan fingerprint density at radius 2 is 1.13 bits per heavy atom. The number of aliphatic carboxylic acids is 4. The van der Waals surface area contributed by atoms with E-state index in [9.17, 15) is 53.7 Å². The minimum atomic E-state index is -1.22. The van der Waals surface area contributed by atoms with Gasteiger partial charge in [0.25, 0.3) is 0 Å². The molecule has 0 aromatic heterocycles. The molecule has 0 aliphatic heterocycles. The van der Waals surface area contributed by atoms with Gasteiger partial charge in [0.05, 0.1) is 13.1 Å². The molecule has 6 amide bonds. The van der Waals surface area contributed by atoms with Crippen molar-refractivity contribution < 1.29 is 97.1 Å². The zero-order chi connectivity index (χ0) is 66.0. The summed E-state index contributed by atoms with van der Waals surface area (Å²) < 4.78 is 0. The van der Waals surface area contributed by atoms with Crippen molar-refractivity contribution in [2.24, 2.45) is 11.8 Å². The summed E-state index contributed by atoms with van der Waals surface area (Å²) in [5.41, 5.74) is 2.49. The van der Waals surface area contributed by atoms with Crippen LogP contribution in [0.5, 0.6) is 0 Å². The van der Waals surface area contributed by atoms with Crippen molar-refractivity contribution in [1.82, 2.24) is 41.3 Å². The van der Waals surface area contributed by atoms with Crippen molar-refractivity contribution in [3.63, 3.8) is 0 Å². The van der Waals surface area contributed by atoms with E-state index in [1.165, 1.54) is 0 Å². The topological polar surface area (TPSA) is 436 Å². The van der Waals surface area contributed by atoms with E-state index in [1.54, 1.807) is 7.05 Å². The number of carboxylic acids is 4. The molecule has 0 unspecified atom stereocenters. The standard InChI is InChI=1S/C55H79N9O12.4CO2.Ga/c1-62(2)43(33-64(35-50(69)70)47-15-7-6-14-46(47)63(3)34-49(67)68)30-36-20-25-42(26-21-36)59-55(76)58-32-37-17-23-40(24-18-37)51(71)60-45(31-38-19-22-39-11-4-5-12-41(39)29-38)52(72)56-27-9-8-13-44(53(73)74)61-54(75)57-28-10-16-48(65)66;4*2-1-3;/h4-5,11-12,19-22,25-26,29,37,40,43-47H,6-10,13-18,23-24,27-28,30-35H2,1-3H3,(H,56,72)(H,60,71)(H,65,66)(H,67,68)(H,69,70)(H,73,74)(H2,57,61,75)(H2,58,59,76);;;;;/q;;;;;+3/t37?,40?,43-,44+,45+,46+,47+;;;;;/m1...../s1/i;;;;;1-2. The number of anilines is 1. The number of hydrogen-bond donors (Lipinski definition) is 10. The van der Waals surface area contributed by atoms with E-state index in [-0.39, 0.29) is 144 Å². The first-order valence-corrected chi connectivity index (χ1v) is 28.2. The molecule has 0 radical (unpaired) electrons. The molecule has 480 valence electrons. The molecule has 2 saturated carbocycles. The number of nitrogens with one attached hydrogen (secondary N) is 6. The van der Waals surface area contributed by atoms with Crippen LogP contribution in [-0.2, 0) is 80.0 Å². The van der Waals surface area contributed by atoms with Crippen LogP contribution in [0.3, 0.4) is 0 Å². The molecular weight excluding hydrogens is 1220 g/mol. The van der Waals surface area contributed by atoms with Crippen molar-refractivity contribution in [2.75, 3.05) is 65.7 Å². The van der Waals surface area contributed by atoms with Crippen molar-refractivity contribution in [3.05, 3.63) is 77.9 Å². The van der Waals surface area contributed by atoms with Gasteiger partial charge in [-0.2, -0.15) is 38.4 Å². The number of fused-ring (bicyclic) bond motifs is 1. The summed E-state index contributed by atoms with van der Waals surface area (Å²) in [4.78, 5) is 170. The molecule has 2 aliphatic rings. The quantitative estimate of drug-likeness (QED) is 0.0336. The number of urea groups is 2. The van der Waals surface area contributed by atoms with E-state index in [0.717, 1.165) is 47.6 Å². The average molecular weight is 1300 g/mol. The number of carbonyl (C=O) groups excluding carboxylic acids is 12. The molecular formula is C59H79GaN9O20+3. The molecule has 3 aromatic carbocycles. The van der Waals surface area contributed by atoms with Gasteiger partial charge in [-0.05, 0) is 132 Å². The summed E-state index contributed by atoms with van der Waals surface area (Å²) in [7, 11) is 5.72. The van der Waals surface area contributed by atoms with Crippen LogP contribution in [-0.4, -0.2) is 218 Å². The summed E-state index contributed by atoms with van der Waals surface area (Å²) in [5.74, 6) is -4.84. The second kappa shape index (κ2) is 46.5. The number of amides is 6. The first-order chi connectivity index (χ1) is 42.0. The van der Waals surface area contributed by atoms with Crippen LogP contribution in [0.1, 0.15) is 94.6 Å². The Morgan fingerprint density at radius 1 is 0.573 bits per heavy atom. The van der Waals surface area contributed by atoms with Gasteiger partial charge in [0.2, 0.25) is 11.8 Å². The summed E-state index contributed by atoms with van der Waals surface area (Å²) in [6.07, 6.45) is 8.88. The molecule has 5 rings (SSSR count). The maximum absolute atomic E-state index is 13.8. The number of carbonyl (C=O) groups is 8. The summed E-state index contributed by atoms with van der Waals surface area (Å²) in [6, 6.07) is 18.0. The molecule has 2 aliphatic carbocycles. The SMILES string of the molecule is CN(C)[C@H](Cc1ccc(NC(=O)NCC2CCC(C(=O)N[C@@H](Cc3ccc4ccccc4c3)C(=O)NCCCC[C@H](NC(=O)NCCCC(=O)O)C(=O)O)CC2)cc1)CN(CC(=O)O)[C@H]1CCCC[C@@H]1N(C)CC(=O)O.O=C=O.O=C=O.O=C=O.O=C=O.[68Ga+3]. The van der Waals surface area contributed by atoms with Crippen LogP contribution in [0.2, 0.25) is 0 Å².